The lowest BCUT2D eigenvalue weighted by Gasteiger charge is -2.05. The monoisotopic (exact) mass is 313 g/mol. The number of rotatable bonds is 5. The fourth-order valence-corrected chi connectivity index (χ4v) is 2.43. The zero-order valence-corrected chi connectivity index (χ0v) is 13.2. The molecule has 1 N–H and O–H groups in total. The van der Waals surface area contributed by atoms with Crippen molar-refractivity contribution in [2.75, 3.05) is 13.3 Å². The normalized spacial score (nSPS) is 12.8. The van der Waals surface area contributed by atoms with Crippen LogP contribution in [-0.4, -0.2) is 29.0 Å². The summed E-state index contributed by atoms with van der Waals surface area (Å²) in [6, 6.07) is 7.58. The topological polar surface area (TPSA) is 65.4 Å². The van der Waals surface area contributed by atoms with E-state index in [9.17, 15) is 4.79 Å². The third-order valence-corrected chi connectivity index (χ3v) is 3.55. The molecule has 3 rings (SSSR count). The Labute approximate surface area is 134 Å². The summed E-state index contributed by atoms with van der Waals surface area (Å²) in [5.41, 5.74) is 2.96. The predicted octanol–water partition coefficient (Wildman–Crippen LogP) is 2.06. The van der Waals surface area contributed by atoms with E-state index >= 15 is 0 Å². The van der Waals surface area contributed by atoms with Crippen LogP contribution in [0.5, 0.6) is 11.5 Å². The number of aryl methyl sites for hydroxylation is 2. The van der Waals surface area contributed by atoms with Crippen LogP contribution in [0.1, 0.15) is 17.0 Å². The predicted molar refractivity (Wildman–Crippen MR) is 86.3 cm³/mol. The lowest BCUT2D eigenvalue weighted by Crippen LogP contribution is -2.26. The zero-order chi connectivity index (χ0) is 16.2. The summed E-state index contributed by atoms with van der Waals surface area (Å²) < 4.78 is 12.4. The van der Waals surface area contributed by atoms with Crippen molar-refractivity contribution in [2.24, 2.45) is 0 Å². The molecule has 23 heavy (non-hydrogen) atoms. The second kappa shape index (κ2) is 6.56. The van der Waals surface area contributed by atoms with Gasteiger partial charge in [-0.3, -0.25) is 9.48 Å². The van der Waals surface area contributed by atoms with Gasteiger partial charge >= 0.3 is 0 Å². The fourth-order valence-electron chi connectivity index (χ4n) is 2.43. The number of carbonyl (C=O) groups is 1. The van der Waals surface area contributed by atoms with E-state index in [1.165, 1.54) is 6.08 Å². The summed E-state index contributed by atoms with van der Waals surface area (Å²) in [4.78, 5) is 11.8. The van der Waals surface area contributed by atoms with E-state index in [1.54, 1.807) is 6.08 Å². The standard InChI is InChI=1S/C17H19N3O3/c1-12-9-13(2)20(19-12)8-7-18-17(21)6-4-14-3-5-15-16(10-14)23-11-22-15/h3-6,9-10H,7-8,11H2,1-2H3,(H,18,21)/b6-4+. The molecule has 1 amide bonds. The van der Waals surface area contributed by atoms with Crippen molar-refractivity contribution >= 4 is 12.0 Å². The Balaban J connectivity index is 1.50. The Morgan fingerprint density at radius 3 is 2.91 bits per heavy atom. The Hall–Kier alpha value is -2.76. The van der Waals surface area contributed by atoms with Crippen molar-refractivity contribution in [3.05, 3.63) is 47.3 Å². The van der Waals surface area contributed by atoms with Crippen LogP contribution in [0.15, 0.2) is 30.3 Å². The Bertz CT molecular complexity index is 750. The Kier molecular flexibility index (Phi) is 4.32. The van der Waals surface area contributed by atoms with Crippen molar-refractivity contribution in [2.45, 2.75) is 20.4 Å². The minimum absolute atomic E-state index is 0.135. The molecule has 0 saturated carbocycles. The van der Waals surface area contributed by atoms with Gasteiger partial charge in [-0.1, -0.05) is 6.07 Å². The Morgan fingerprint density at radius 1 is 1.30 bits per heavy atom. The second-order valence-electron chi connectivity index (χ2n) is 5.39. The third-order valence-electron chi connectivity index (χ3n) is 3.55. The van der Waals surface area contributed by atoms with Gasteiger partial charge in [0.25, 0.3) is 0 Å². The molecule has 0 atom stereocenters. The molecule has 0 unspecified atom stereocenters. The molecule has 0 fully saturated rings. The lowest BCUT2D eigenvalue weighted by atomic mass is 10.2. The van der Waals surface area contributed by atoms with Gasteiger partial charge in [0.15, 0.2) is 11.5 Å². The van der Waals surface area contributed by atoms with E-state index < -0.39 is 0 Å². The van der Waals surface area contributed by atoms with Crippen molar-refractivity contribution < 1.29 is 14.3 Å². The number of hydrogen-bond acceptors (Lipinski definition) is 4. The number of ether oxygens (including phenoxy) is 2. The smallest absolute Gasteiger partial charge is 0.244 e. The van der Waals surface area contributed by atoms with Crippen LogP contribution >= 0.6 is 0 Å². The number of carbonyl (C=O) groups excluding carboxylic acids is 1. The van der Waals surface area contributed by atoms with E-state index in [0.717, 1.165) is 22.7 Å². The maximum atomic E-state index is 11.8. The summed E-state index contributed by atoms with van der Waals surface area (Å²) in [5, 5.41) is 7.20. The molecule has 1 aromatic heterocycles. The summed E-state index contributed by atoms with van der Waals surface area (Å²) in [6.45, 7) is 5.39. The molecule has 0 saturated heterocycles. The first-order valence-corrected chi connectivity index (χ1v) is 7.48. The summed E-state index contributed by atoms with van der Waals surface area (Å²) in [7, 11) is 0. The first-order valence-electron chi connectivity index (χ1n) is 7.48. The van der Waals surface area contributed by atoms with Gasteiger partial charge in [0.2, 0.25) is 12.7 Å². The first kappa shape index (κ1) is 15.1. The van der Waals surface area contributed by atoms with Gasteiger partial charge in [-0.05, 0) is 43.7 Å². The van der Waals surface area contributed by atoms with E-state index in [-0.39, 0.29) is 12.7 Å². The molecular weight excluding hydrogens is 294 g/mol. The zero-order valence-electron chi connectivity index (χ0n) is 13.2. The second-order valence-corrected chi connectivity index (χ2v) is 5.39. The average molecular weight is 313 g/mol. The molecular formula is C17H19N3O3. The first-order chi connectivity index (χ1) is 11.1. The number of hydrogen-bond donors (Lipinski definition) is 1. The number of amides is 1. The lowest BCUT2D eigenvalue weighted by molar-refractivity contribution is -0.116. The third kappa shape index (κ3) is 3.71. The van der Waals surface area contributed by atoms with Crippen LogP contribution in [-0.2, 0) is 11.3 Å². The number of nitrogens with one attached hydrogen (secondary N) is 1. The van der Waals surface area contributed by atoms with Gasteiger partial charge in [0.1, 0.15) is 0 Å². The van der Waals surface area contributed by atoms with Gasteiger partial charge in [-0.2, -0.15) is 5.10 Å². The van der Waals surface area contributed by atoms with Crippen molar-refractivity contribution in [1.82, 2.24) is 15.1 Å². The maximum absolute atomic E-state index is 11.8. The van der Waals surface area contributed by atoms with Crippen molar-refractivity contribution in [1.29, 1.82) is 0 Å². The molecule has 0 aliphatic carbocycles. The summed E-state index contributed by atoms with van der Waals surface area (Å²) in [5.74, 6) is 1.30. The van der Waals surface area contributed by atoms with E-state index in [1.807, 2.05) is 42.8 Å². The van der Waals surface area contributed by atoms with E-state index in [4.69, 9.17) is 9.47 Å². The molecule has 0 bridgehead atoms. The van der Waals surface area contributed by atoms with Gasteiger partial charge in [-0.25, -0.2) is 0 Å². The average Bonchev–Trinajstić information content (AvgIpc) is 3.11. The minimum Gasteiger partial charge on any atom is -0.454 e. The molecule has 0 spiro atoms. The SMILES string of the molecule is Cc1cc(C)n(CCNC(=O)/C=C/c2ccc3c(c2)OCO3)n1. The Morgan fingerprint density at radius 2 is 2.13 bits per heavy atom. The number of aromatic nitrogens is 2. The molecule has 120 valence electrons. The van der Waals surface area contributed by atoms with E-state index in [0.29, 0.717) is 18.8 Å². The van der Waals surface area contributed by atoms with Crippen LogP contribution in [0.3, 0.4) is 0 Å². The molecule has 2 heterocycles. The van der Waals surface area contributed by atoms with Crippen molar-refractivity contribution in [3.8, 4) is 11.5 Å². The molecule has 6 nitrogen and oxygen atoms in total. The van der Waals surface area contributed by atoms with Gasteiger partial charge < -0.3 is 14.8 Å². The quantitative estimate of drug-likeness (QED) is 0.858. The molecule has 1 aliphatic rings. The van der Waals surface area contributed by atoms with Crippen LogP contribution in [0, 0.1) is 13.8 Å². The van der Waals surface area contributed by atoms with Crippen molar-refractivity contribution in [3.63, 3.8) is 0 Å². The summed E-state index contributed by atoms with van der Waals surface area (Å²) >= 11 is 0. The molecule has 1 aromatic carbocycles. The number of benzene rings is 1. The summed E-state index contributed by atoms with van der Waals surface area (Å²) in [6.07, 6.45) is 3.26. The minimum atomic E-state index is -0.135. The molecule has 0 radical (unpaired) electrons. The highest BCUT2D eigenvalue weighted by molar-refractivity contribution is 5.91. The molecule has 2 aromatic rings. The van der Waals surface area contributed by atoms with Gasteiger partial charge in [-0.15, -0.1) is 0 Å². The van der Waals surface area contributed by atoms with Crippen LogP contribution in [0.4, 0.5) is 0 Å². The van der Waals surface area contributed by atoms with Gasteiger partial charge in [0, 0.05) is 18.3 Å². The highest BCUT2D eigenvalue weighted by Crippen LogP contribution is 2.32. The van der Waals surface area contributed by atoms with Crippen LogP contribution in [0.25, 0.3) is 6.08 Å². The maximum Gasteiger partial charge on any atom is 0.244 e. The van der Waals surface area contributed by atoms with E-state index in [2.05, 4.69) is 10.4 Å². The number of nitrogens with zero attached hydrogens (tertiary/aromatic N) is 2. The number of fused-ring (bicyclic) bond motifs is 1. The molecule has 6 heteroatoms. The highest BCUT2D eigenvalue weighted by atomic mass is 16.7. The molecule has 1 aliphatic heterocycles. The van der Waals surface area contributed by atoms with Crippen LogP contribution < -0.4 is 14.8 Å². The fraction of sp³-hybridized carbons (Fsp3) is 0.294. The van der Waals surface area contributed by atoms with Crippen LogP contribution in [0.2, 0.25) is 0 Å². The largest absolute Gasteiger partial charge is 0.454 e. The highest BCUT2D eigenvalue weighted by Gasteiger charge is 2.12. The van der Waals surface area contributed by atoms with Gasteiger partial charge in [0.05, 0.1) is 12.2 Å².